The van der Waals surface area contributed by atoms with Crippen molar-refractivity contribution in [3.05, 3.63) is 35.9 Å². The molecule has 2 heterocycles. The van der Waals surface area contributed by atoms with E-state index in [1.165, 1.54) is 57.3 Å². The van der Waals surface area contributed by atoms with Gasteiger partial charge in [0.2, 0.25) is 5.91 Å². The molecule has 2 aliphatic rings. The normalized spacial score (nSPS) is 23.0. The van der Waals surface area contributed by atoms with Crippen molar-refractivity contribution in [1.29, 1.82) is 0 Å². The molecule has 0 aliphatic carbocycles. The lowest BCUT2D eigenvalue weighted by molar-refractivity contribution is -0.131. The predicted molar refractivity (Wildman–Crippen MR) is 94.4 cm³/mol. The van der Waals surface area contributed by atoms with Gasteiger partial charge >= 0.3 is 0 Å². The van der Waals surface area contributed by atoms with E-state index >= 15 is 0 Å². The summed E-state index contributed by atoms with van der Waals surface area (Å²) in [6.07, 6.45) is 7.92. The van der Waals surface area contributed by atoms with Crippen LogP contribution >= 0.6 is 0 Å². The molecule has 2 fully saturated rings. The third-order valence-corrected chi connectivity index (χ3v) is 5.39. The largest absolute Gasteiger partial charge is 0.343 e. The smallest absolute Gasteiger partial charge is 0.222 e. The van der Waals surface area contributed by atoms with Crippen molar-refractivity contribution in [2.24, 2.45) is 5.92 Å². The van der Waals surface area contributed by atoms with Gasteiger partial charge in [-0.2, -0.15) is 0 Å². The fourth-order valence-corrected chi connectivity index (χ4v) is 3.98. The molecule has 3 rings (SSSR count). The number of carbonyl (C=O) groups is 1. The SMILES string of the molecule is O=C(CCc1ccccc1)N1CCCC(CN2CCCC2)CC1. The van der Waals surface area contributed by atoms with E-state index in [4.69, 9.17) is 0 Å². The Morgan fingerprint density at radius 2 is 1.74 bits per heavy atom. The fourth-order valence-electron chi connectivity index (χ4n) is 3.98. The Morgan fingerprint density at radius 1 is 0.957 bits per heavy atom. The van der Waals surface area contributed by atoms with Crippen LogP contribution in [0.2, 0.25) is 0 Å². The van der Waals surface area contributed by atoms with Crippen LogP contribution in [-0.4, -0.2) is 48.4 Å². The van der Waals surface area contributed by atoms with Crippen LogP contribution in [0.5, 0.6) is 0 Å². The first-order valence-electron chi connectivity index (χ1n) is 9.35. The Balaban J connectivity index is 1.42. The zero-order valence-corrected chi connectivity index (χ0v) is 14.3. The Bertz CT molecular complexity index is 482. The molecule has 0 radical (unpaired) electrons. The maximum absolute atomic E-state index is 12.5. The van der Waals surface area contributed by atoms with Crippen LogP contribution in [0.3, 0.4) is 0 Å². The van der Waals surface area contributed by atoms with Crippen LogP contribution in [0, 0.1) is 5.92 Å². The minimum Gasteiger partial charge on any atom is -0.343 e. The summed E-state index contributed by atoms with van der Waals surface area (Å²) < 4.78 is 0. The summed E-state index contributed by atoms with van der Waals surface area (Å²) >= 11 is 0. The predicted octanol–water partition coefficient (Wildman–Crippen LogP) is 3.34. The van der Waals surface area contributed by atoms with Gasteiger partial charge in [0.15, 0.2) is 0 Å². The number of aryl methyl sites for hydroxylation is 1. The number of benzene rings is 1. The second kappa shape index (κ2) is 8.49. The van der Waals surface area contributed by atoms with Gasteiger partial charge in [-0.1, -0.05) is 30.3 Å². The number of hydrogen-bond acceptors (Lipinski definition) is 2. The Kier molecular flexibility index (Phi) is 6.09. The highest BCUT2D eigenvalue weighted by Gasteiger charge is 2.23. The molecule has 2 saturated heterocycles. The zero-order chi connectivity index (χ0) is 15.9. The van der Waals surface area contributed by atoms with Crippen LogP contribution in [0.1, 0.15) is 44.1 Å². The minimum absolute atomic E-state index is 0.343. The molecule has 1 atom stereocenters. The summed E-state index contributed by atoms with van der Waals surface area (Å²) in [5, 5.41) is 0. The van der Waals surface area contributed by atoms with E-state index in [0.29, 0.717) is 12.3 Å². The van der Waals surface area contributed by atoms with Crippen molar-refractivity contribution in [2.75, 3.05) is 32.7 Å². The lowest BCUT2D eigenvalue weighted by Gasteiger charge is -2.23. The Hall–Kier alpha value is -1.35. The highest BCUT2D eigenvalue weighted by atomic mass is 16.2. The van der Waals surface area contributed by atoms with Gasteiger partial charge < -0.3 is 9.80 Å². The number of rotatable bonds is 5. The number of carbonyl (C=O) groups excluding carboxylic acids is 1. The molecule has 1 aromatic carbocycles. The maximum atomic E-state index is 12.5. The number of nitrogens with zero attached hydrogens (tertiary/aromatic N) is 2. The summed E-state index contributed by atoms with van der Waals surface area (Å²) in [5.41, 5.74) is 1.27. The van der Waals surface area contributed by atoms with Crippen LogP contribution < -0.4 is 0 Å². The Labute approximate surface area is 140 Å². The highest BCUT2D eigenvalue weighted by molar-refractivity contribution is 5.76. The third kappa shape index (κ3) is 5.07. The molecule has 126 valence electrons. The summed E-state index contributed by atoms with van der Waals surface area (Å²) in [7, 11) is 0. The monoisotopic (exact) mass is 314 g/mol. The second-order valence-electron chi connectivity index (χ2n) is 7.17. The molecule has 0 saturated carbocycles. The van der Waals surface area contributed by atoms with Crippen LogP contribution in [-0.2, 0) is 11.2 Å². The van der Waals surface area contributed by atoms with E-state index in [9.17, 15) is 4.79 Å². The minimum atomic E-state index is 0.343. The molecule has 1 amide bonds. The summed E-state index contributed by atoms with van der Waals surface area (Å²) in [4.78, 5) is 17.2. The molecular weight excluding hydrogens is 284 g/mol. The lowest BCUT2D eigenvalue weighted by Crippen LogP contribution is -2.32. The first-order chi connectivity index (χ1) is 11.3. The number of amides is 1. The highest BCUT2D eigenvalue weighted by Crippen LogP contribution is 2.21. The summed E-state index contributed by atoms with van der Waals surface area (Å²) in [6.45, 7) is 5.76. The van der Waals surface area contributed by atoms with E-state index in [2.05, 4.69) is 34.1 Å². The molecule has 0 aromatic heterocycles. The van der Waals surface area contributed by atoms with Crippen molar-refractivity contribution in [3.63, 3.8) is 0 Å². The molecule has 2 aliphatic heterocycles. The molecule has 1 aromatic rings. The standard InChI is InChI=1S/C20H30N2O/c23-20(11-10-18-7-2-1-3-8-18)22-15-6-9-19(12-16-22)17-21-13-4-5-14-21/h1-3,7-8,19H,4-6,9-17H2. The average Bonchev–Trinajstić information content (AvgIpc) is 2.98. The fraction of sp³-hybridized carbons (Fsp3) is 0.650. The van der Waals surface area contributed by atoms with Crippen molar-refractivity contribution >= 4 is 5.91 Å². The Morgan fingerprint density at radius 3 is 2.52 bits per heavy atom. The van der Waals surface area contributed by atoms with Gasteiger partial charge in [-0.25, -0.2) is 0 Å². The number of hydrogen-bond donors (Lipinski definition) is 0. The van der Waals surface area contributed by atoms with E-state index in [1.54, 1.807) is 0 Å². The summed E-state index contributed by atoms with van der Waals surface area (Å²) in [5.74, 6) is 1.13. The first-order valence-corrected chi connectivity index (χ1v) is 9.35. The van der Waals surface area contributed by atoms with Crippen molar-refractivity contribution < 1.29 is 4.79 Å². The molecule has 0 spiro atoms. The maximum Gasteiger partial charge on any atom is 0.222 e. The van der Waals surface area contributed by atoms with Gasteiger partial charge in [0, 0.05) is 26.1 Å². The van der Waals surface area contributed by atoms with E-state index < -0.39 is 0 Å². The van der Waals surface area contributed by atoms with Crippen molar-refractivity contribution in [3.8, 4) is 0 Å². The molecule has 0 N–H and O–H groups in total. The topological polar surface area (TPSA) is 23.6 Å². The van der Waals surface area contributed by atoms with Gasteiger partial charge in [-0.05, 0) is 63.1 Å². The van der Waals surface area contributed by atoms with Gasteiger partial charge in [0.25, 0.3) is 0 Å². The van der Waals surface area contributed by atoms with E-state index in [0.717, 1.165) is 25.4 Å². The number of likely N-dealkylation sites (tertiary alicyclic amines) is 2. The molecule has 1 unspecified atom stereocenters. The quantitative estimate of drug-likeness (QED) is 0.832. The van der Waals surface area contributed by atoms with E-state index in [1.807, 2.05) is 6.07 Å². The zero-order valence-electron chi connectivity index (χ0n) is 14.3. The van der Waals surface area contributed by atoms with Gasteiger partial charge in [-0.3, -0.25) is 4.79 Å². The van der Waals surface area contributed by atoms with Crippen molar-refractivity contribution in [2.45, 2.75) is 44.9 Å². The average molecular weight is 314 g/mol. The molecule has 23 heavy (non-hydrogen) atoms. The molecular formula is C20H30N2O. The molecule has 0 bridgehead atoms. The molecule has 3 nitrogen and oxygen atoms in total. The van der Waals surface area contributed by atoms with Crippen LogP contribution in [0.4, 0.5) is 0 Å². The van der Waals surface area contributed by atoms with Crippen LogP contribution in [0.15, 0.2) is 30.3 Å². The third-order valence-electron chi connectivity index (χ3n) is 5.39. The van der Waals surface area contributed by atoms with Gasteiger partial charge in [0.1, 0.15) is 0 Å². The van der Waals surface area contributed by atoms with Gasteiger partial charge in [-0.15, -0.1) is 0 Å². The van der Waals surface area contributed by atoms with Gasteiger partial charge in [0.05, 0.1) is 0 Å². The van der Waals surface area contributed by atoms with Crippen LogP contribution in [0.25, 0.3) is 0 Å². The molecule has 3 heteroatoms. The lowest BCUT2D eigenvalue weighted by atomic mass is 10.0. The van der Waals surface area contributed by atoms with E-state index in [-0.39, 0.29) is 0 Å². The summed E-state index contributed by atoms with van der Waals surface area (Å²) in [6, 6.07) is 10.4. The first kappa shape index (κ1) is 16.5. The second-order valence-corrected chi connectivity index (χ2v) is 7.17. The van der Waals surface area contributed by atoms with Crippen molar-refractivity contribution in [1.82, 2.24) is 9.80 Å².